The third kappa shape index (κ3) is 3.25. The minimum absolute atomic E-state index is 0.247. The second kappa shape index (κ2) is 6.50. The molecule has 2 aliphatic rings. The number of ether oxygens (including phenoxy) is 2. The normalized spacial score (nSPS) is 28.3. The number of hydrogen-bond donors (Lipinski definition) is 0. The van der Waals surface area contributed by atoms with E-state index < -0.39 is 0 Å². The lowest BCUT2D eigenvalue weighted by molar-refractivity contribution is -0.00912. The number of nitrogens with zero attached hydrogens (tertiary/aromatic N) is 3. The van der Waals surface area contributed by atoms with E-state index in [9.17, 15) is 0 Å². The Bertz CT molecular complexity index is 491. The van der Waals surface area contributed by atoms with E-state index in [0.29, 0.717) is 24.6 Å². The summed E-state index contributed by atoms with van der Waals surface area (Å²) in [7, 11) is 0. The van der Waals surface area contributed by atoms with Crippen molar-refractivity contribution in [3.63, 3.8) is 0 Å². The quantitative estimate of drug-likeness (QED) is 0.808. The van der Waals surface area contributed by atoms with Crippen LogP contribution in [0.3, 0.4) is 0 Å². The van der Waals surface area contributed by atoms with Crippen LogP contribution in [0.4, 0.5) is 0 Å². The van der Waals surface area contributed by atoms with Crippen molar-refractivity contribution in [3.8, 4) is 5.88 Å². The fourth-order valence-electron chi connectivity index (χ4n) is 3.75. The first-order valence-electron chi connectivity index (χ1n) is 8.39. The third-order valence-corrected chi connectivity index (χ3v) is 4.90. The maximum absolute atomic E-state index is 5.95. The molecule has 3 rings (SSSR count). The summed E-state index contributed by atoms with van der Waals surface area (Å²) in [4.78, 5) is 11.1. The molecule has 0 aromatic carbocycles. The van der Waals surface area contributed by atoms with Crippen molar-refractivity contribution in [1.29, 1.82) is 0 Å². The maximum atomic E-state index is 5.95. The molecule has 22 heavy (non-hydrogen) atoms. The highest BCUT2D eigenvalue weighted by Gasteiger charge is 2.49. The number of aromatic nitrogens is 2. The summed E-state index contributed by atoms with van der Waals surface area (Å²) in [6.07, 6.45) is 8.68. The number of hydrogen-bond acceptors (Lipinski definition) is 5. The first-order chi connectivity index (χ1) is 10.6. The van der Waals surface area contributed by atoms with Crippen molar-refractivity contribution in [2.24, 2.45) is 0 Å². The number of rotatable bonds is 6. The van der Waals surface area contributed by atoms with Crippen molar-refractivity contribution < 1.29 is 9.47 Å². The van der Waals surface area contributed by atoms with Crippen molar-refractivity contribution in [1.82, 2.24) is 14.9 Å². The van der Waals surface area contributed by atoms with Gasteiger partial charge in [0.25, 0.3) is 0 Å². The van der Waals surface area contributed by atoms with E-state index in [-0.39, 0.29) is 5.54 Å². The van der Waals surface area contributed by atoms with Gasteiger partial charge in [-0.2, -0.15) is 0 Å². The Kier molecular flexibility index (Phi) is 4.64. The standard InChI is InChI=1S/C17H27N3O2/c1-13(2)22-12-17-6-4-8-20(17)15(5-7-17)11-21-16-10-18-14(3)9-19-16/h9-10,13,15H,4-8,11-12H2,1-3H3/t15-,17-/m0/s1. The predicted molar refractivity (Wildman–Crippen MR) is 85.0 cm³/mol. The van der Waals surface area contributed by atoms with Gasteiger partial charge in [-0.1, -0.05) is 0 Å². The lowest BCUT2D eigenvalue weighted by Crippen LogP contribution is -2.47. The molecule has 0 saturated carbocycles. The summed E-state index contributed by atoms with van der Waals surface area (Å²) >= 11 is 0. The molecule has 5 nitrogen and oxygen atoms in total. The van der Waals surface area contributed by atoms with E-state index in [1.54, 1.807) is 12.4 Å². The number of aryl methyl sites for hydroxylation is 1. The molecule has 2 fully saturated rings. The Morgan fingerprint density at radius 1 is 1.32 bits per heavy atom. The van der Waals surface area contributed by atoms with Crippen molar-refractivity contribution in [2.75, 3.05) is 19.8 Å². The van der Waals surface area contributed by atoms with Crippen LogP contribution in [-0.4, -0.2) is 52.3 Å². The van der Waals surface area contributed by atoms with Crippen LogP contribution < -0.4 is 4.74 Å². The Morgan fingerprint density at radius 3 is 2.91 bits per heavy atom. The smallest absolute Gasteiger partial charge is 0.232 e. The van der Waals surface area contributed by atoms with E-state index >= 15 is 0 Å². The molecule has 122 valence electrons. The average molecular weight is 305 g/mol. The first-order valence-corrected chi connectivity index (χ1v) is 8.39. The Morgan fingerprint density at radius 2 is 2.18 bits per heavy atom. The molecule has 0 amide bonds. The molecule has 1 aromatic rings. The van der Waals surface area contributed by atoms with E-state index in [1.165, 1.54) is 25.7 Å². The van der Waals surface area contributed by atoms with Crippen molar-refractivity contribution in [3.05, 3.63) is 18.1 Å². The fourth-order valence-corrected chi connectivity index (χ4v) is 3.75. The molecular weight excluding hydrogens is 278 g/mol. The molecule has 3 heterocycles. The highest BCUT2D eigenvalue weighted by Crippen LogP contribution is 2.42. The van der Waals surface area contributed by atoms with E-state index in [2.05, 4.69) is 28.7 Å². The topological polar surface area (TPSA) is 47.5 Å². The Labute approximate surface area is 133 Å². The first kappa shape index (κ1) is 15.7. The lowest BCUT2D eigenvalue weighted by Gasteiger charge is -2.35. The predicted octanol–water partition coefficient (Wildman–Crippen LogP) is 2.59. The second-order valence-electron chi connectivity index (χ2n) is 6.88. The molecule has 2 aliphatic heterocycles. The highest BCUT2D eigenvalue weighted by atomic mass is 16.5. The molecule has 5 heteroatoms. The minimum atomic E-state index is 0.247. The average Bonchev–Trinajstić information content (AvgIpc) is 3.04. The monoisotopic (exact) mass is 305 g/mol. The van der Waals surface area contributed by atoms with Gasteiger partial charge in [0, 0.05) is 11.6 Å². The van der Waals surface area contributed by atoms with Crippen molar-refractivity contribution >= 4 is 0 Å². The highest BCUT2D eigenvalue weighted by molar-refractivity contribution is 5.08. The fraction of sp³-hybridized carbons (Fsp3) is 0.765. The molecule has 0 unspecified atom stereocenters. The molecule has 0 spiro atoms. The Balaban J connectivity index is 1.58. The molecule has 0 aliphatic carbocycles. The second-order valence-corrected chi connectivity index (χ2v) is 6.88. The van der Waals surface area contributed by atoms with Crippen LogP contribution in [-0.2, 0) is 4.74 Å². The van der Waals surface area contributed by atoms with Gasteiger partial charge in [0.1, 0.15) is 6.61 Å². The minimum Gasteiger partial charge on any atom is -0.475 e. The summed E-state index contributed by atoms with van der Waals surface area (Å²) in [5.74, 6) is 0.626. The summed E-state index contributed by atoms with van der Waals surface area (Å²) in [6, 6.07) is 0.473. The zero-order valence-electron chi connectivity index (χ0n) is 13.9. The third-order valence-electron chi connectivity index (χ3n) is 4.90. The summed E-state index contributed by atoms with van der Waals surface area (Å²) < 4.78 is 11.8. The van der Waals surface area contributed by atoms with Crippen LogP contribution in [0.2, 0.25) is 0 Å². The molecule has 2 saturated heterocycles. The lowest BCUT2D eigenvalue weighted by atomic mass is 9.95. The van der Waals surface area contributed by atoms with Crippen LogP contribution in [0.15, 0.2) is 12.4 Å². The van der Waals surface area contributed by atoms with Crippen LogP contribution in [0.25, 0.3) is 0 Å². The summed E-state index contributed by atoms with van der Waals surface area (Å²) in [5.41, 5.74) is 1.16. The SMILES string of the molecule is Cc1cnc(OC[C@@H]2CC[C@]3(COC(C)C)CCCN23)cn1. The molecule has 2 atom stereocenters. The van der Waals surface area contributed by atoms with Gasteiger partial charge in [-0.3, -0.25) is 9.88 Å². The van der Waals surface area contributed by atoms with Gasteiger partial charge in [-0.15, -0.1) is 0 Å². The molecule has 0 radical (unpaired) electrons. The van der Waals surface area contributed by atoms with Gasteiger partial charge in [0.2, 0.25) is 5.88 Å². The molecular formula is C17H27N3O2. The van der Waals surface area contributed by atoms with Crippen LogP contribution >= 0.6 is 0 Å². The van der Waals surface area contributed by atoms with E-state index in [4.69, 9.17) is 9.47 Å². The van der Waals surface area contributed by atoms with Gasteiger partial charge < -0.3 is 9.47 Å². The van der Waals surface area contributed by atoms with E-state index in [1.807, 2.05) is 6.92 Å². The largest absolute Gasteiger partial charge is 0.475 e. The van der Waals surface area contributed by atoms with Crippen molar-refractivity contribution in [2.45, 2.75) is 64.1 Å². The Hall–Kier alpha value is -1.20. The van der Waals surface area contributed by atoms with Gasteiger partial charge in [-0.25, -0.2) is 4.98 Å². The van der Waals surface area contributed by atoms with Crippen LogP contribution in [0.1, 0.15) is 45.2 Å². The zero-order chi connectivity index (χ0) is 15.6. The number of fused-ring (bicyclic) bond motifs is 1. The van der Waals surface area contributed by atoms with Crippen LogP contribution in [0, 0.1) is 6.92 Å². The zero-order valence-corrected chi connectivity index (χ0v) is 13.9. The molecule has 0 bridgehead atoms. The van der Waals surface area contributed by atoms with Gasteiger partial charge in [0.15, 0.2) is 0 Å². The summed E-state index contributed by atoms with van der Waals surface area (Å²) in [6.45, 7) is 8.87. The van der Waals surface area contributed by atoms with Gasteiger partial charge in [-0.05, 0) is 53.0 Å². The molecule has 0 N–H and O–H groups in total. The van der Waals surface area contributed by atoms with Crippen LogP contribution in [0.5, 0.6) is 5.88 Å². The van der Waals surface area contributed by atoms with Gasteiger partial charge >= 0.3 is 0 Å². The molecule has 1 aromatic heterocycles. The van der Waals surface area contributed by atoms with E-state index in [0.717, 1.165) is 18.8 Å². The van der Waals surface area contributed by atoms with Gasteiger partial charge in [0.05, 0.1) is 30.8 Å². The maximum Gasteiger partial charge on any atom is 0.232 e. The summed E-state index contributed by atoms with van der Waals surface area (Å²) in [5, 5.41) is 0.